The van der Waals surface area contributed by atoms with Crippen molar-refractivity contribution in [2.75, 3.05) is 6.61 Å². The van der Waals surface area contributed by atoms with Crippen molar-refractivity contribution in [3.8, 4) is 0 Å². The molecule has 4 nitrogen and oxygen atoms in total. The minimum absolute atomic E-state index is 0.309. The van der Waals surface area contributed by atoms with Gasteiger partial charge < -0.3 is 4.74 Å². The average molecular weight is 202 g/mol. The Morgan fingerprint density at radius 1 is 1.27 bits per heavy atom. The summed E-state index contributed by atoms with van der Waals surface area (Å²) in [5.74, 6) is -0.309. The van der Waals surface area contributed by atoms with Crippen molar-refractivity contribution in [2.24, 2.45) is 0 Å². The van der Waals surface area contributed by atoms with Crippen LogP contribution in [0.5, 0.6) is 0 Å². The second-order valence-corrected chi connectivity index (χ2v) is 3.05. The van der Waals surface area contributed by atoms with E-state index in [4.69, 9.17) is 4.74 Å². The van der Waals surface area contributed by atoms with Crippen molar-refractivity contribution in [2.45, 2.75) is 6.92 Å². The molecule has 0 radical (unpaired) electrons. The topological polar surface area (TPSA) is 52.1 Å². The van der Waals surface area contributed by atoms with Crippen molar-refractivity contribution in [3.05, 3.63) is 36.2 Å². The van der Waals surface area contributed by atoms with Gasteiger partial charge in [-0.3, -0.25) is 0 Å². The lowest BCUT2D eigenvalue weighted by molar-refractivity contribution is 0.0526. The first-order chi connectivity index (χ1) is 7.31. The molecule has 0 spiro atoms. The minimum atomic E-state index is -0.309. The maximum atomic E-state index is 11.4. The van der Waals surface area contributed by atoms with Crippen LogP contribution in [0, 0.1) is 0 Å². The molecule has 0 unspecified atom stereocenters. The summed E-state index contributed by atoms with van der Waals surface area (Å²) in [6.07, 6.45) is 3.28. The molecular formula is C11H10N2O2. The van der Waals surface area contributed by atoms with E-state index in [9.17, 15) is 4.79 Å². The smallest absolute Gasteiger partial charge is 0.338 e. The van der Waals surface area contributed by atoms with E-state index in [1.54, 1.807) is 31.5 Å². The van der Waals surface area contributed by atoms with E-state index >= 15 is 0 Å². The lowest BCUT2D eigenvalue weighted by Crippen LogP contribution is -2.04. The van der Waals surface area contributed by atoms with E-state index in [0.717, 1.165) is 10.8 Å². The number of nitrogens with zero attached hydrogens (tertiary/aromatic N) is 2. The standard InChI is InChI=1S/C11H10N2O2/c1-2-15-11(14)8-3-4-9-6-12-13-7-10(9)5-8/h3-7H,2H2,1H3. The number of hydrogen-bond acceptors (Lipinski definition) is 4. The Morgan fingerprint density at radius 2 is 2.00 bits per heavy atom. The maximum absolute atomic E-state index is 11.4. The highest BCUT2D eigenvalue weighted by Crippen LogP contribution is 2.14. The molecule has 0 aliphatic rings. The van der Waals surface area contributed by atoms with E-state index in [1.807, 2.05) is 6.07 Å². The fraction of sp³-hybridized carbons (Fsp3) is 0.182. The number of rotatable bonds is 2. The Labute approximate surface area is 86.9 Å². The molecule has 0 saturated carbocycles. The van der Waals surface area contributed by atoms with Crippen LogP contribution in [-0.4, -0.2) is 22.8 Å². The summed E-state index contributed by atoms with van der Waals surface area (Å²) >= 11 is 0. The molecule has 0 N–H and O–H groups in total. The van der Waals surface area contributed by atoms with Crippen molar-refractivity contribution >= 4 is 16.7 Å². The molecule has 0 fully saturated rings. The number of hydrogen-bond donors (Lipinski definition) is 0. The first-order valence-corrected chi connectivity index (χ1v) is 4.69. The SMILES string of the molecule is CCOC(=O)c1ccc2cnncc2c1. The molecule has 0 amide bonds. The predicted octanol–water partition coefficient (Wildman–Crippen LogP) is 1.81. The van der Waals surface area contributed by atoms with Gasteiger partial charge in [0.15, 0.2) is 0 Å². The van der Waals surface area contributed by atoms with Crippen LogP contribution in [0.3, 0.4) is 0 Å². The third-order valence-corrected chi connectivity index (χ3v) is 2.06. The number of esters is 1. The van der Waals surface area contributed by atoms with Crippen molar-refractivity contribution in [1.82, 2.24) is 10.2 Å². The number of fused-ring (bicyclic) bond motifs is 1. The normalized spacial score (nSPS) is 10.2. The molecule has 15 heavy (non-hydrogen) atoms. The van der Waals surface area contributed by atoms with Crippen LogP contribution in [0.2, 0.25) is 0 Å². The van der Waals surface area contributed by atoms with Gasteiger partial charge in [-0.2, -0.15) is 10.2 Å². The van der Waals surface area contributed by atoms with Crippen LogP contribution in [0.1, 0.15) is 17.3 Å². The van der Waals surface area contributed by atoms with Gasteiger partial charge in [0.25, 0.3) is 0 Å². The lowest BCUT2D eigenvalue weighted by atomic mass is 10.1. The van der Waals surface area contributed by atoms with Gasteiger partial charge in [-0.25, -0.2) is 4.79 Å². The quantitative estimate of drug-likeness (QED) is 0.697. The van der Waals surface area contributed by atoms with Crippen LogP contribution < -0.4 is 0 Å². The second kappa shape index (κ2) is 4.04. The summed E-state index contributed by atoms with van der Waals surface area (Å²) in [6, 6.07) is 5.31. The third kappa shape index (κ3) is 1.93. The van der Waals surface area contributed by atoms with Gasteiger partial charge in [0.2, 0.25) is 0 Å². The van der Waals surface area contributed by atoms with Gasteiger partial charge in [0, 0.05) is 10.8 Å². The van der Waals surface area contributed by atoms with E-state index in [1.165, 1.54) is 0 Å². The molecule has 2 aromatic rings. The molecule has 1 heterocycles. The Bertz CT molecular complexity index is 497. The number of carbonyl (C=O) groups excluding carboxylic acids is 1. The molecule has 1 aromatic heterocycles. The molecule has 0 atom stereocenters. The monoisotopic (exact) mass is 202 g/mol. The summed E-state index contributed by atoms with van der Waals surface area (Å²) in [6.45, 7) is 2.16. The maximum Gasteiger partial charge on any atom is 0.338 e. The third-order valence-electron chi connectivity index (χ3n) is 2.06. The predicted molar refractivity (Wildman–Crippen MR) is 55.5 cm³/mol. The number of carbonyl (C=O) groups is 1. The highest BCUT2D eigenvalue weighted by molar-refractivity contribution is 5.94. The summed E-state index contributed by atoms with van der Waals surface area (Å²) in [5.41, 5.74) is 0.539. The molecule has 4 heteroatoms. The average Bonchev–Trinajstić information content (AvgIpc) is 2.29. The zero-order valence-corrected chi connectivity index (χ0v) is 8.30. The Hall–Kier alpha value is -1.97. The molecule has 0 bridgehead atoms. The molecule has 0 saturated heterocycles. The van der Waals surface area contributed by atoms with Crippen LogP contribution in [0.4, 0.5) is 0 Å². The second-order valence-electron chi connectivity index (χ2n) is 3.05. The Balaban J connectivity index is 2.42. The molecule has 2 rings (SSSR count). The molecule has 76 valence electrons. The Morgan fingerprint density at radius 3 is 2.73 bits per heavy atom. The first kappa shape index (κ1) is 9.58. The number of aromatic nitrogens is 2. The van der Waals surface area contributed by atoms with E-state index in [0.29, 0.717) is 12.2 Å². The van der Waals surface area contributed by atoms with E-state index in [2.05, 4.69) is 10.2 Å². The van der Waals surface area contributed by atoms with Gasteiger partial charge in [-0.1, -0.05) is 6.07 Å². The zero-order valence-electron chi connectivity index (χ0n) is 8.30. The van der Waals surface area contributed by atoms with Crippen LogP contribution in [-0.2, 0) is 4.74 Å². The summed E-state index contributed by atoms with van der Waals surface area (Å²) in [7, 11) is 0. The summed E-state index contributed by atoms with van der Waals surface area (Å²) in [5, 5.41) is 9.36. The van der Waals surface area contributed by atoms with Gasteiger partial charge in [0.1, 0.15) is 0 Å². The molecule has 0 aliphatic heterocycles. The first-order valence-electron chi connectivity index (χ1n) is 4.69. The van der Waals surface area contributed by atoms with Gasteiger partial charge in [0.05, 0.1) is 24.6 Å². The van der Waals surface area contributed by atoms with E-state index in [-0.39, 0.29) is 5.97 Å². The zero-order chi connectivity index (χ0) is 10.7. The van der Waals surface area contributed by atoms with E-state index < -0.39 is 0 Å². The number of benzene rings is 1. The summed E-state index contributed by atoms with van der Waals surface area (Å²) in [4.78, 5) is 11.4. The van der Waals surface area contributed by atoms with Crippen LogP contribution in [0.25, 0.3) is 10.8 Å². The molecule has 0 aliphatic carbocycles. The highest BCUT2D eigenvalue weighted by Gasteiger charge is 2.06. The van der Waals surface area contributed by atoms with Crippen molar-refractivity contribution < 1.29 is 9.53 Å². The van der Waals surface area contributed by atoms with Crippen molar-refractivity contribution in [1.29, 1.82) is 0 Å². The molecular weight excluding hydrogens is 192 g/mol. The Kier molecular flexibility index (Phi) is 2.58. The summed E-state index contributed by atoms with van der Waals surface area (Å²) < 4.78 is 4.90. The lowest BCUT2D eigenvalue weighted by Gasteiger charge is -2.02. The van der Waals surface area contributed by atoms with Gasteiger partial charge in [-0.05, 0) is 19.1 Å². The largest absolute Gasteiger partial charge is 0.462 e. The van der Waals surface area contributed by atoms with Gasteiger partial charge >= 0.3 is 5.97 Å². The van der Waals surface area contributed by atoms with Crippen molar-refractivity contribution in [3.63, 3.8) is 0 Å². The highest BCUT2D eigenvalue weighted by atomic mass is 16.5. The fourth-order valence-corrected chi connectivity index (χ4v) is 1.34. The number of ether oxygens (including phenoxy) is 1. The fourth-order valence-electron chi connectivity index (χ4n) is 1.34. The van der Waals surface area contributed by atoms with Crippen LogP contribution in [0.15, 0.2) is 30.6 Å². The molecule has 1 aromatic carbocycles. The minimum Gasteiger partial charge on any atom is -0.462 e. The van der Waals surface area contributed by atoms with Gasteiger partial charge in [-0.15, -0.1) is 0 Å². The van der Waals surface area contributed by atoms with Crippen LogP contribution >= 0.6 is 0 Å².